The van der Waals surface area contributed by atoms with Crippen molar-refractivity contribution in [3.63, 3.8) is 0 Å². The Morgan fingerprint density at radius 3 is 2.82 bits per heavy atom. The van der Waals surface area contributed by atoms with Crippen LogP contribution in [0.2, 0.25) is 0 Å². The van der Waals surface area contributed by atoms with Crippen LogP contribution in [0.15, 0.2) is 0 Å². The van der Waals surface area contributed by atoms with E-state index >= 15 is 0 Å². The molecule has 2 atom stereocenters. The van der Waals surface area contributed by atoms with Crippen LogP contribution in [0.5, 0.6) is 0 Å². The average molecular weight is 174 g/mol. The summed E-state index contributed by atoms with van der Waals surface area (Å²) in [4.78, 5) is 0. The first-order chi connectivity index (χ1) is 5.18. The van der Waals surface area contributed by atoms with Crippen molar-refractivity contribution in [3.8, 4) is 0 Å². The van der Waals surface area contributed by atoms with Crippen LogP contribution in [0.1, 0.15) is 33.6 Å². The zero-order chi connectivity index (χ0) is 8.27. The summed E-state index contributed by atoms with van der Waals surface area (Å²) in [5, 5.41) is 0.799. The highest BCUT2D eigenvalue weighted by atomic mass is 32.2. The maximum atomic E-state index is 5.62. The Bertz CT molecular complexity index is 112. The Hall–Kier alpha value is 0.310. The van der Waals surface area contributed by atoms with E-state index in [9.17, 15) is 0 Å². The summed E-state index contributed by atoms with van der Waals surface area (Å²) in [6, 6.07) is 0. The van der Waals surface area contributed by atoms with E-state index in [4.69, 9.17) is 4.74 Å². The van der Waals surface area contributed by atoms with E-state index in [0.29, 0.717) is 5.44 Å². The first-order valence-corrected chi connectivity index (χ1v) is 5.40. The molecule has 0 aromatic carbocycles. The number of ether oxygens (including phenoxy) is 1. The lowest BCUT2D eigenvalue weighted by Crippen LogP contribution is -2.22. The topological polar surface area (TPSA) is 9.23 Å². The van der Waals surface area contributed by atoms with Gasteiger partial charge >= 0.3 is 0 Å². The normalized spacial score (nSPS) is 32.7. The molecule has 1 heterocycles. The quantitative estimate of drug-likeness (QED) is 0.636. The smallest absolute Gasteiger partial charge is 0.103 e. The Balaban J connectivity index is 2.23. The van der Waals surface area contributed by atoms with Crippen molar-refractivity contribution < 1.29 is 4.74 Å². The third-order valence-corrected chi connectivity index (χ3v) is 3.21. The van der Waals surface area contributed by atoms with Gasteiger partial charge in [0.25, 0.3) is 0 Å². The number of hydrogen-bond donors (Lipinski definition) is 0. The molecule has 0 N–H and O–H groups in total. The van der Waals surface area contributed by atoms with Crippen LogP contribution in [0.3, 0.4) is 0 Å². The van der Waals surface area contributed by atoms with E-state index in [2.05, 4.69) is 20.8 Å². The molecule has 2 heteroatoms. The van der Waals surface area contributed by atoms with Gasteiger partial charge in [0.05, 0.1) is 0 Å². The largest absolute Gasteiger partial charge is 0.368 e. The lowest BCUT2D eigenvalue weighted by Gasteiger charge is -2.27. The maximum Gasteiger partial charge on any atom is 0.103 e. The minimum atomic E-state index is 0.471. The Morgan fingerprint density at radius 1 is 1.55 bits per heavy atom. The molecule has 1 nitrogen and oxygen atoms in total. The molecule has 0 aliphatic carbocycles. The second kappa shape index (κ2) is 4.36. The van der Waals surface area contributed by atoms with Gasteiger partial charge in [-0.1, -0.05) is 20.8 Å². The van der Waals surface area contributed by atoms with Crippen LogP contribution in [0, 0.1) is 5.92 Å². The highest BCUT2D eigenvalue weighted by Gasteiger charge is 2.20. The minimum Gasteiger partial charge on any atom is -0.368 e. The summed E-state index contributed by atoms with van der Waals surface area (Å²) in [6.07, 6.45) is 2.42. The molecule has 0 spiro atoms. The van der Waals surface area contributed by atoms with Crippen molar-refractivity contribution in [2.24, 2.45) is 5.92 Å². The molecule has 0 bridgehead atoms. The third-order valence-electron chi connectivity index (χ3n) is 1.88. The molecule has 0 saturated carbocycles. The van der Waals surface area contributed by atoms with Crippen molar-refractivity contribution in [3.05, 3.63) is 0 Å². The standard InChI is InChI=1S/C9H18OS/c1-7(2)6-9-10-5-4-8(3)11-9/h7-9H,4-6H2,1-3H3. The Kier molecular flexibility index (Phi) is 3.73. The molecule has 1 fully saturated rings. The van der Waals surface area contributed by atoms with Crippen molar-refractivity contribution in [2.45, 2.75) is 44.3 Å². The number of thioether (sulfide) groups is 1. The van der Waals surface area contributed by atoms with E-state index in [1.807, 2.05) is 11.8 Å². The highest BCUT2D eigenvalue weighted by Crippen LogP contribution is 2.30. The minimum absolute atomic E-state index is 0.471. The fourth-order valence-electron chi connectivity index (χ4n) is 1.24. The van der Waals surface area contributed by atoms with Gasteiger partial charge in [0, 0.05) is 11.9 Å². The second-order valence-electron chi connectivity index (χ2n) is 3.67. The monoisotopic (exact) mass is 174 g/mol. The summed E-state index contributed by atoms with van der Waals surface area (Å²) >= 11 is 1.99. The summed E-state index contributed by atoms with van der Waals surface area (Å²) < 4.78 is 5.62. The van der Waals surface area contributed by atoms with Crippen molar-refractivity contribution in [1.29, 1.82) is 0 Å². The van der Waals surface area contributed by atoms with Gasteiger partial charge < -0.3 is 4.74 Å². The van der Waals surface area contributed by atoms with E-state index in [1.54, 1.807) is 0 Å². The molecule has 2 unspecified atom stereocenters. The van der Waals surface area contributed by atoms with Crippen LogP contribution < -0.4 is 0 Å². The second-order valence-corrected chi connectivity index (χ2v) is 5.27. The van der Waals surface area contributed by atoms with Gasteiger partial charge in [-0.25, -0.2) is 0 Å². The van der Waals surface area contributed by atoms with Crippen LogP contribution in [0.25, 0.3) is 0 Å². The summed E-state index contributed by atoms with van der Waals surface area (Å²) in [5.41, 5.74) is 0.471. The fourth-order valence-corrected chi connectivity index (χ4v) is 2.66. The molecule has 1 aliphatic heterocycles. The van der Waals surface area contributed by atoms with Gasteiger partial charge in [-0.15, -0.1) is 11.8 Å². The van der Waals surface area contributed by atoms with Gasteiger partial charge in [-0.2, -0.15) is 0 Å². The van der Waals surface area contributed by atoms with Crippen molar-refractivity contribution in [2.75, 3.05) is 6.61 Å². The van der Waals surface area contributed by atoms with E-state index in [1.165, 1.54) is 12.8 Å². The number of rotatable bonds is 2. The van der Waals surface area contributed by atoms with E-state index in [0.717, 1.165) is 17.8 Å². The van der Waals surface area contributed by atoms with Gasteiger partial charge in [0.2, 0.25) is 0 Å². The molecular formula is C9H18OS. The highest BCUT2D eigenvalue weighted by molar-refractivity contribution is 8.00. The summed E-state index contributed by atoms with van der Waals surface area (Å²) in [6.45, 7) is 7.76. The van der Waals surface area contributed by atoms with Crippen LogP contribution in [0.4, 0.5) is 0 Å². The molecule has 0 radical (unpaired) electrons. The summed E-state index contributed by atoms with van der Waals surface area (Å²) in [5.74, 6) is 0.762. The number of hydrogen-bond acceptors (Lipinski definition) is 2. The molecule has 1 saturated heterocycles. The average Bonchev–Trinajstić information content (AvgIpc) is 1.85. The van der Waals surface area contributed by atoms with Gasteiger partial charge in [0.15, 0.2) is 0 Å². The zero-order valence-electron chi connectivity index (χ0n) is 7.67. The van der Waals surface area contributed by atoms with Crippen LogP contribution in [-0.2, 0) is 4.74 Å². The first kappa shape index (κ1) is 9.40. The lowest BCUT2D eigenvalue weighted by molar-refractivity contribution is 0.0873. The molecule has 0 aromatic rings. The SMILES string of the molecule is CC(C)CC1OCCC(C)S1. The molecule has 0 amide bonds. The van der Waals surface area contributed by atoms with E-state index in [-0.39, 0.29) is 0 Å². The first-order valence-electron chi connectivity index (χ1n) is 4.45. The van der Waals surface area contributed by atoms with E-state index < -0.39 is 0 Å². The maximum absolute atomic E-state index is 5.62. The Morgan fingerprint density at radius 2 is 2.27 bits per heavy atom. The third kappa shape index (κ3) is 3.48. The van der Waals surface area contributed by atoms with Crippen molar-refractivity contribution >= 4 is 11.8 Å². The molecule has 1 aliphatic rings. The molecule has 66 valence electrons. The summed E-state index contributed by atoms with van der Waals surface area (Å²) in [7, 11) is 0. The predicted molar refractivity (Wildman–Crippen MR) is 50.9 cm³/mol. The molecule has 1 rings (SSSR count). The predicted octanol–water partition coefficient (Wildman–Crippen LogP) is 2.90. The van der Waals surface area contributed by atoms with Crippen LogP contribution >= 0.6 is 11.8 Å². The zero-order valence-corrected chi connectivity index (χ0v) is 8.49. The van der Waals surface area contributed by atoms with Gasteiger partial charge in [0.1, 0.15) is 5.44 Å². The van der Waals surface area contributed by atoms with Gasteiger partial charge in [-0.3, -0.25) is 0 Å². The fraction of sp³-hybridized carbons (Fsp3) is 1.00. The lowest BCUT2D eigenvalue weighted by atomic mass is 10.1. The molecular weight excluding hydrogens is 156 g/mol. The molecule has 11 heavy (non-hydrogen) atoms. The Labute approximate surface area is 73.9 Å². The van der Waals surface area contributed by atoms with Crippen molar-refractivity contribution in [1.82, 2.24) is 0 Å². The van der Waals surface area contributed by atoms with Gasteiger partial charge in [-0.05, 0) is 18.8 Å². The molecule has 0 aromatic heterocycles. The van der Waals surface area contributed by atoms with Crippen LogP contribution in [-0.4, -0.2) is 17.3 Å².